The second-order valence-corrected chi connectivity index (χ2v) is 5.67. The quantitative estimate of drug-likeness (QED) is 0.855. The normalized spacial score (nSPS) is 23.6. The first-order chi connectivity index (χ1) is 9.42. The van der Waals surface area contributed by atoms with Gasteiger partial charge >= 0.3 is 5.97 Å². The number of carboxylic acids is 1. The van der Waals surface area contributed by atoms with Gasteiger partial charge in [0.05, 0.1) is 11.5 Å². The molecule has 0 aromatic heterocycles. The molecule has 0 spiro atoms. The first-order valence-electron chi connectivity index (χ1n) is 6.74. The third kappa shape index (κ3) is 2.99. The predicted molar refractivity (Wildman–Crippen MR) is 75.1 cm³/mol. The minimum absolute atomic E-state index is 0.168. The summed E-state index contributed by atoms with van der Waals surface area (Å²) in [6.45, 7) is 2.37. The maximum absolute atomic E-state index is 12.3. The summed E-state index contributed by atoms with van der Waals surface area (Å²) >= 11 is 0. The van der Waals surface area contributed by atoms with Gasteiger partial charge < -0.3 is 15.7 Å². The molecule has 5 heteroatoms. The minimum atomic E-state index is -0.857. The third-order valence-corrected chi connectivity index (χ3v) is 3.92. The zero-order chi connectivity index (χ0) is 14.8. The highest BCUT2D eigenvalue weighted by Gasteiger charge is 2.42. The number of nitrogens with two attached hydrogens (primary N) is 1. The molecule has 0 saturated carbocycles. The summed E-state index contributed by atoms with van der Waals surface area (Å²) in [4.78, 5) is 25.0. The highest BCUT2D eigenvalue weighted by atomic mass is 16.4. The van der Waals surface area contributed by atoms with Crippen molar-refractivity contribution < 1.29 is 14.7 Å². The number of likely N-dealkylation sites (tertiary alicyclic amines) is 1. The Morgan fingerprint density at radius 1 is 1.40 bits per heavy atom. The van der Waals surface area contributed by atoms with Gasteiger partial charge in [-0.2, -0.15) is 0 Å². The molecule has 1 saturated heterocycles. The van der Waals surface area contributed by atoms with Crippen molar-refractivity contribution in [2.75, 3.05) is 13.1 Å². The number of amides is 1. The average molecular weight is 276 g/mol. The summed E-state index contributed by atoms with van der Waals surface area (Å²) in [5.74, 6) is -1.02. The second-order valence-electron chi connectivity index (χ2n) is 5.67. The van der Waals surface area contributed by atoms with E-state index in [4.69, 9.17) is 5.73 Å². The maximum Gasteiger partial charge on any atom is 0.311 e. The molecule has 0 aliphatic carbocycles. The Balaban J connectivity index is 1.97. The number of hydrogen-bond donors (Lipinski definition) is 2. The van der Waals surface area contributed by atoms with Crippen LogP contribution in [0.4, 0.5) is 0 Å². The Bertz CT molecular complexity index is 503. The molecular formula is C15H20N2O3. The molecule has 2 atom stereocenters. The van der Waals surface area contributed by atoms with Gasteiger partial charge in [0.25, 0.3) is 0 Å². The number of carbonyl (C=O) groups is 2. The Labute approximate surface area is 118 Å². The van der Waals surface area contributed by atoms with E-state index in [0.717, 1.165) is 5.56 Å². The van der Waals surface area contributed by atoms with Crippen molar-refractivity contribution in [3.63, 3.8) is 0 Å². The van der Waals surface area contributed by atoms with E-state index >= 15 is 0 Å². The zero-order valence-corrected chi connectivity index (χ0v) is 11.6. The summed E-state index contributed by atoms with van der Waals surface area (Å²) < 4.78 is 0. The van der Waals surface area contributed by atoms with Crippen molar-refractivity contribution in [2.24, 2.45) is 11.1 Å². The molecule has 0 bridgehead atoms. The number of carboxylic acid groups (broad SMARTS) is 1. The van der Waals surface area contributed by atoms with Crippen LogP contribution < -0.4 is 5.73 Å². The molecule has 1 aliphatic rings. The Kier molecular flexibility index (Phi) is 4.09. The molecule has 1 aliphatic heterocycles. The van der Waals surface area contributed by atoms with Gasteiger partial charge in [0, 0.05) is 13.1 Å². The van der Waals surface area contributed by atoms with Crippen LogP contribution in [0.25, 0.3) is 0 Å². The summed E-state index contributed by atoms with van der Waals surface area (Å²) in [6.07, 6.45) is 0.950. The first-order valence-corrected chi connectivity index (χ1v) is 6.74. The largest absolute Gasteiger partial charge is 0.481 e. The second kappa shape index (κ2) is 5.63. The predicted octanol–water partition coefficient (Wildman–Crippen LogP) is 0.880. The van der Waals surface area contributed by atoms with Gasteiger partial charge in [0.2, 0.25) is 5.91 Å². The van der Waals surface area contributed by atoms with Crippen LogP contribution in [0, 0.1) is 5.41 Å². The van der Waals surface area contributed by atoms with Crippen LogP contribution in [0.1, 0.15) is 18.9 Å². The third-order valence-electron chi connectivity index (χ3n) is 3.92. The summed E-state index contributed by atoms with van der Waals surface area (Å²) in [6, 6.07) is 8.97. The molecule has 1 aromatic rings. The smallest absolute Gasteiger partial charge is 0.311 e. The van der Waals surface area contributed by atoms with E-state index in [1.807, 2.05) is 30.3 Å². The van der Waals surface area contributed by atoms with Crippen LogP contribution in [0.15, 0.2) is 30.3 Å². The fraction of sp³-hybridized carbons (Fsp3) is 0.467. The molecule has 1 heterocycles. The van der Waals surface area contributed by atoms with Crippen LogP contribution >= 0.6 is 0 Å². The lowest BCUT2D eigenvalue weighted by Crippen LogP contribution is -2.45. The molecule has 1 aromatic carbocycles. The van der Waals surface area contributed by atoms with E-state index in [-0.39, 0.29) is 12.5 Å². The van der Waals surface area contributed by atoms with Crippen molar-refractivity contribution in [3.8, 4) is 0 Å². The number of carbonyl (C=O) groups excluding carboxylic acids is 1. The zero-order valence-electron chi connectivity index (χ0n) is 11.6. The number of hydrogen-bond acceptors (Lipinski definition) is 3. The van der Waals surface area contributed by atoms with Gasteiger partial charge in [-0.25, -0.2) is 0 Å². The molecule has 108 valence electrons. The number of nitrogens with zero attached hydrogens (tertiary/aromatic N) is 1. The Morgan fingerprint density at radius 2 is 2.05 bits per heavy atom. The average Bonchev–Trinajstić information content (AvgIpc) is 2.83. The van der Waals surface area contributed by atoms with E-state index in [2.05, 4.69) is 0 Å². The van der Waals surface area contributed by atoms with E-state index in [9.17, 15) is 14.7 Å². The van der Waals surface area contributed by atoms with Crippen LogP contribution in [0.2, 0.25) is 0 Å². The van der Waals surface area contributed by atoms with E-state index in [1.165, 1.54) is 0 Å². The molecule has 3 N–H and O–H groups in total. The lowest BCUT2D eigenvalue weighted by atomic mass is 9.90. The lowest BCUT2D eigenvalue weighted by Gasteiger charge is -2.23. The number of aliphatic carboxylic acids is 1. The van der Waals surface area contributed by atoms with Crippen LogP contribution in [-0.2, 0) is 16.0 Å². The van der Waals surface area contributed by atoms with Crippen molar-refractivity contribution in [1.29, 1.82) is 0 Å². The maximum atomic E-state index is 12.3. The van der Waals surface area contributed by atoms with E-state index in [1.54, 1.807) is 11.8 Å². The minimum Gasteiger partial charge on any atom is -0.481 e. The van der Waals surface area contributed by atoms with Gasteiger partial charge in [0.1, 0.15) is 0 Å². The van der Waals surface area contributed by atoms with Gasteiger partial charge in [-0.1, -0.05) is 30.3 Å². The van der Waals surface area contributed by atoms with Gasteiger partial charge in [0.15, 0.2) is 0 Å². The van der Waals surface area contributed by atoms with Gasteiger partial charge in [-0.05, 0) is 25.3 Å². The molecule has 1 unspecified atom stereocenters. The lowest BCUT2D eigenvalue weighted by molar-refractivity contribution is -0.147. The van der Waals surface area contributed by atoms with Crippen molar-refractivity contribution >= 4 is 11.9 Å². The summed E-state index contributed by atoms with van der Waals surface area (Å²) in [5.41, 5.74) is 6.12. The van der Waals surface area contributed by atoms with E-state index < -0.39 is 17.4 Å². The molecule has 5 nitrogen and oxygen atoms in total. The van der Waals surface area contributed by atoms with Crippen molar-refractivity contribution in [3.05, 3.63) is 35.9 Å². The van der Waals surface area contributed by atoms with Crippen LogP contribution in [-0.4, -0.2) is 41.0 Å². The standard InChI is InChI=1S/C15H20N2O3/c1-15(14(19)20)7-8-17(10-15)13(18)12(16)9-11-5-3-2-4-6-11/h2-6,12H,7-10,16H2,1H3,(H,19,20)/t12-,15?/m1/s1. The van der Waals surface area contributed by atoms with Crippen molar-refractivity contribution in [2.45, 2.75) is 25.8 Å². The molecular weight excluding hydrogens is 256 g/mol. The highest BCUT2D eigenvalue weighted by molar-refractivity contribution is 5.84. The molecule has 1 fully saturated rings. The SMILES string of the molecule is CC1(C(=O)O)CCN(C(=O)[C@H](N)Cc2ccccc2)C1. The Morgan fingerprint density at radius 3 is 2.60 bits per heavy atom. The van der Waals surface area contributed by atoms with Gasteiger partial charge in [-0.15, -0.1) is 0 Å². The Hall–Kier alpha value is -1.88. The molecule has 0 radical (unpaired) electrons. The number of benzene rings is 1. The van der Waals surface area contributed by atoms with Crippen LogP contribution in [0.3, 0.4) is 0 Å². The monoisotopic (exact) mass is 276 g/mol. The fourth-order valence-corrected chi connectivity index (χ4v) is 2.51. The van der Waals surface area contributed by atoms with E-state index in [0.29, 0.717) is 19.4 Å². The summed E-state index contributed by atoms with van der Waals surface area (Å²) in [5, 5.41) is 9.18. The van der Waals surface area contributed by atoms with Gasteiger partial charge in [-0.3, -0.25) is 9.59 Å². The fourth-order valence-electron chi connectivity index (χ4n) is 2.51. The molecule has 1 amide bonds. The highest BCUT2D eigenvalue weighted by Crippen LogP contribution is 2.30. The van der Waals surface area contributed by atoms with Crippen LogP contribution in [0.5, 0.6) is 0 Å². The summed E-state index contributed by atoms with van der Waals surface area (Å²) in [7, 11) is 0. The topological polar surface area (TPSA) is 83.6 Å². The number of rotatable bonds is 4. The van der Waals surface area contributed by atoms with Crippen molar-refractivity contribution in [1.82, 2.24) is 4.90 Å². The molecule has 2 rings (SSSR count). The molecule has 20 heavy (non-hydrogen) atoms. The first kappa shape index (κ1) is 14.5.